The molecule has 3 rings (SSSR count). The largest absolute Gasteiger partial charge is 0.381 e. The number of nitrogens with one attached hydrogen (secondary N) is 2. The van der Waals surface area contributed by atoms with Crippen LogP contribution in [-0.4, -0.2) is 37.7 Å². The minimum Gasteiger partial charge on any atom is -0.381 e. The van der Waals surface area contributed by atoms with Gasteiger partial charge in [-0.15, -0.1) is 0 Å². The Kier molecular flexibility index (Phi) is 3.10. The lowest BCUT2D eigenvalue weighted by Crippen LogP contribution is -2.50. The third-order valence-corrected chi connectivity index (χ3v) is 5.13. The molecule has 0 aromatic heterocycles. The first-order chi connectivity index (χ1) is 8.64. The number of hydrogen-bond donors (Lipinski definition) is 2. The number of carbonyl (C=O) groups is 1. The lowest BCUT2D eigenvalue weighted by molar-refractivity contribution is -0.126. The average molecular weight is 252 g/mol. The monoisotopic (exact) mass is 252 g/mol. The van der Waals surface area contributed by atoms with Crippen LogP contribution in [0.1, 0.15) is 39.0 Å². The van der Waals surface area contributed by atoms with Gasteiger partial charge in [-0.25, -0.2) is 0 Å². The molecule has 1 aliphatic carbocycles. The van der Waals surface area contributed by atoms with E-state index < -0.39 is 0 Å². The average Bonchev–Trinajstić information content (AvgIpc) is 3.04. The van der Waals surface area contributed by atoms with Crippen LogP contribution in [-0.2, 0) is 9.53 Å². The highest BCUT2D eigenvalue weighted by molar-refractivity contribution is 5.83. The highest BCUT2D eigenvalue weighted by Crippen LogP contribution is 2.58. The van der Waals surface area contributed by atoms with Crippen LogP contribution in [0.3, 0.4) is 0 Å². The zero-order valence-corrected chi connectivity index (χ0v) is 11.3. The predicted molar refractivity (Wildman–Crippen MR) is 69.2 cm³/mol. The van der Waals surface area contributed by atoms with Gasteiger partial charge in [-0.1, -0.05) is 0 Å². The molecule has 1 atom stereocenters. The topological polar surface area (TPSA) is 50.4 Å². The number of carbonyl (C=O) groups excluding carboxylic acids is 1. The van der Waals surface area contributed by atoms with Gasteiger partial charge in [0.1, 0.15) is 0 Å². The zero-order chi connectivity index (χ0) is 12.6. The Bertz CT molecular complexity index is 331. The van der Waals surface area contributed by atoms with E-state index in [-0.39, 0.29) is 11.5 Å². The van der Waals surface area contributed by atoms with E-state index in [2.05, 4.69) is 17.6 Å². The van der Waals surface area contributed by atoms with E-state index in [1.807, 2.05) is 0 Å². The van der Waals surface area contributed by atoms with E-state index in [1.54, 1.807) is 0 Å². The summed E-state index contributed by atoms with van der Waals surface area (Å²) in [7, 11) is 0. The van der Waals surface area contributed by atoms with E-state index >= 15 is 0 Å². The second-order valence-electron chi connectivity index (χ2n) is 6.53. The molecule has 102 valence electrons. The fraction of sp³-hybridized carbons (Fsp3) is 0.929. The second-order valence-corrected chi connectivity index (χ2v) is 6.53. The second kappa shape index (κ2) is 4.49. The molecule has 0 radical (unpaired) electrons. The van der Waals surface area contributed by atoms with Crippen molar-refractivity contribution in [3.05, 3.63) is 0 Å². The van der Waals surface area contributed by atoms with Crippen molar-refractivity contribution in [2.24, 2.45) is 11.3 Å². The molecule has 1 unspecified atom stereocenters. The van der Waals surface area contributed by atoms with Crippen LogP contribution in [0.2, 0.25) is 0 Å². The SMILES string of the molecule is CC1(NC(=O)C2CC23CCNCC3)CCOCC1. The summed E-state index contributed by atoms with van der Waals surface area (Å²) >= 11 is 0. The summed E-state index contributed by atoms with van der Waals surface area (Å²) < 4.78 is 5.37. The Morgan fingerprint density at radius 2 is 1.89 bits per heavy atom. The molecule has 4 nitrogen and oxygen atoms in total. The van der Waals surface area contributed by atoms with Crippen LogP contribution >= 0.6 is 0 Å². The van der Waals surface area contributed by atoms with Crippen LogP contribution in [0.4, 0.5) is 0 Å². The van der Waals surface area contributed by atoms with Gasteiger partial charge >= 0.3 is 0 Å². The molecule has 2 aliphatic heterocycles. The molecule has 0 bridgehead atoms. The van der Waals surface area contributed by atoms with Crippen LogP contribution in [0.5, 0.6) is 0 Å². The van der Waals surface area contributed by atoms with Crippen molar-refractivity contribution >= 4 is 5.91 Å². The van der Waals surface area contributed by atoms with Crippen LogP contribution in [0.25, 0.3) is 0 Å². The smallest absolute Gasteiger partial charge is 0.224 e. The minimum absolute atomic E-state index is 0.0357. The summed E-state index contributed by atoms with van der Waals surface area (Å²) in [6, 6.07) is 0. The van der Waals surface area contributed by atoms with E-state index in [9.17, 15) is 4.79 Å². The summed E-state index contributed by atoms with van der Waals surface area (Å²) in [4.78, 5) is 12.4. The summed E-state index contributed by atoms with van der Waals surface area (Å²) in [6.07, 6.45) is 5.34. The normalized spacial score (nSPS) is 33.1. The van der Waals surface area contributed by atoms with Gasteiger partial charge in [0, 0.05) is 24.7 Å². The number of amides is 1. The lowest BCUT2D eigenvalue weighted by Gasteiger charge is -2.35. The standard InChI is InChI=1S/C14H24N2O2/c1-13(4-8-18-9-5-13)16-12(17)11-10-14(11)2-6-15-7-3-14/h11,15H,2-10H2,1H3,(H,16,17). The first kappa shape index (κ1) is 12.4. The maximum Gasteiger partial charge on any atom is 0.224 e. The van der Waals surface area contributed by atoms with Crippen LogP contribution in [0, 0.1) is 11.3 Å². The van der Waals surface area contributed by atoms with Crippen molar-refractivity contribution in [3.8, 4) is 0 Å². The molecule has 3 aliphatic rings. The van der Waals surface area contributed by atoms with Crippen LogP contribution < -0.4 is 10.6 Å². The minimum atomic E-state index is -0.0357. The van der Waals surface area contributed by atoms with Gasteiger partial charge in [0.2, 0.25) is 5.91 Å². The Balaban J connectivity index is 1.56. The molecule has 18 heavy (non-hydrogen) atoms. The van der Waals surface area contributed by atoms with Gasteiger partial charge in [0.25, 0.3) is 0 Å². The van der Waals surface area contributed by atoms with Crippen molar-refractivity contribution in [2.45, 2.75) is 44.6 Å². The molecule has 1 saturated carbocycles. The number of ether oxygens (including phenoxy) is 1. The van der Waals surface area contributed by atoms with Crippen molar-refractivity contribution in [3.63, 3.8) is 0 Å². The molecule has 4 heteroatoms. The number of rotatable bonds is 2. The Labute approximate surface area is 109 Å². The fourth-order valence-electron chi connectivity index (χ4n) is 3.53. The molecule has 1 amide bonds. The third-order valence-electron chi connectivity index (χ3n) is 5.13. The maximum absolute atomic E-state index is 12.4. The molecule has 2 N–H and O–H groups in total. The van der Waals surface area contributed by atoms with Crippen molar-refractivity contribution in [2.75, 3.05) is 26.3 Å². The van der Waals surface area contributed by atoms with Crippen LogP contribution in [0.15, 0.2) is 0 Å². The van der Waals surface area contributed by atoms with Crippen molar-refractivity contribution in [1.82, 2.24) is 10.6 Å². The molecule has 3 fully saturated rings. The quantitative estimate of drug-likeness (QED) is 0.772. The summed E-state index contributed by atoms with van der Waals surface area (Å²) in [5.41, 5.74) is 0.308. The molecule has 2 saturated heterocycles. The highest BCUT2D eigenvalue weighted by Gasteiger charge is 2.58. The molecule has 0 aromatic rings. The van der Waals surface area contributed by atoms with Gasteiger partial charge < -0.3 is 15.4 Å². The Hall–Kier alpha value is -0.610. The fourth-order valence-corrected chi connectivity index (χ4v) is 3.53. The Morgan fingerprint density at radius 1 is 1.22 bits per heavy atom. The van der Waals surface area contributed by atoms with E-state index in [1.165, 1.54) is 12.8 Å². The predicted octanol–water partition coefficient (Wildman–Crippen LogP) is 1.06. The molecule has 1 spiro atoms. The highest BCUT2D eigenvalue weighted by atomic mass is 16.5. The van der Waals surface area contributed by atoms with E-state index in [4.69, 9.17) is 4.74 Å². The first-order valence-electron chi connectivity index (χ1n) is 7.24. The van der Waals surface area contributed by atoms with Gasteiger partial charge in [-0.05, 0) is 57.5 Å². The van der Waals surface area contributed by atoms with E-state index in [0.29, 0.717) is 11.3 Å². The zero-order valence-electron chi connectivity index (χ0n) is 11.3. The number of piperidine rings is 1. The van der Waals surface area contributed by atoms with Gasteiger partial charge in [0.15, 0.2) is 0 Å². The van der Waals surface area contributed by atoms with Crippen molar-refractivity contribution in [1.29, 1.82) is 0 Å². The van der Waals surface area contributed by atoms with Gasteiger partial charge in [0.05, 0.1) is 0 Å². The molecule has 2 heterocycles. The summed E-state index contributed by atoms with van der Waals surface area (Å²) in [5, 5.41) is 6.67. The summed E-state index contributed by atoms with van der Waals surface area (Å²) in [6.45, 7) is 5.86. The Morgan fingerprint density at radius 3 is 2.56 bits per heavy atom. The summed E-state index contributed by atoms with van der Waals surface area (Å²) in [5.74, 6) is 0.570. The van der Waals surface area contributed by atoms with Gasteiger partial charge in [-0.2, -0.15) is 0 Å². The lowest BCUT2D eigenvalue weighted by atomic mass is 9.89. The first-order valence-corrected chi connectivity index (χ1v) is 7.24. The molecular weight excluding hydrogens is 228 g/mol. The maximum atomic E-state index is 12.4. The number of hydrogen-bond acceptors (Lipinski definition) is 3. The molecular formula is C14H24N2O2. The van der Waals surface area contributed by atoms with E-state index in [0.717, 1.165) is 45.6 Å². The van der Waals surface area contributed by atoms with Gasteiger partial charge in [-0.3, -0.25) is 4.79 Å². The molecule has 0 aromatic carbocycles. The third kappa shape index (κ3) is 2.28. The van der Waals surface area contributed by atoms with Crippen molar-refractivity contribution < 1.29 is 9.53 Å².